The Morgan fingerprint density at radius 3 is 2.70 bits per heavy atom. The molecule has 1 atom stereocenters. The molecule has 142 valence electrons. The lowest BCUT2D eigenvalue weighted by molar-refractivity contribution is 0.0940. The maximum absolute atomic E-state index is 12.6. The van der Waals surface area contributed by atoms with Crippen LogP contribution in [0.5, 0.6) is 0 Å². The first kappa shape index (κ1) is 19.3. The van der Waals surface area contributed by atoms with Gasteiger partial charge in [0.1, 0.15) is 5.56 Å². The molecule has 2 N–H and O–H groups in total. The van der Waals surface area contributed by atoms with Crippen molar-refractivity contribution in [2.24, 2.45) is 0 Å². The van der Waals surface area contributed by atoms with E-state index in [1.54, 1.807) is 6.07 Å². The number of nitrogens with one attached hydrogen (secondary N) is 2. The van der Waals surface area contributed by atoms with Crippen molar-refractivity contribution < 1.29 is 9.59 Å². The zero-order chi connectivity index (χ0) is 19.6. The van der Waals surface area contributed by atoms with Crippen LogP contribution in [0.15, 0.2) is 35.1 Å². The second-order valence-corrected chi connectivity index (χ2v) is 7.30. The molecule has 1 aromatic heterocycles. The summed E-state index contributed by atoms with van der Waals surface area (Å²) in [6, 6.07) is 8.71. The number of benzene rings is 1. The van der Waals surface area contributed by atoms with Crippen LogP contribution >= 0.6 is 11.6 Å². The number of aromatic nitrogens is 1. The van der Waals surface area contributed by atoms with Crippen molar-refractivity contribution in [3.8, 4) is 0 Å². The Morgan fingerprint density at radius 2 is 2.00 bits per heavy atom. The summed E-state index contributed by atoms with van der Waals surface area (Å²) in [5.41, 5.74) is 1.44. The lowest BCUT2D eigenvalue weighted by Gasteiger charge is -2.26. The van der Waals surface area contributed by atoms with Crippen LogP contribution in [0.25, 0.3) is 0 Å². The quantitative estimate of drug-likeness (QED) is 0.826. The Labute approximate surface area is 162 Å². The van der Waals surface area contributed by atoms with Gasteiger partial charge in [0.25, 0.3) is 11.5 Å². The van der Waals surface area contributed by atoms with Crippen molar-refractivity contribution in [2.75, 3.05) is 20.6 Å². The Morgan fingerprint density at radius 1 is 1.26 bits per heavy atom. The summed E-state index contributed by atoms with van der Waals surface area (Å²) in [7, 11) is 3.79. The van der Waals surface area contributed by atoms with Crippen LogP contribution in [0.4, 0.5) is 0 Å². The van der Waals surface area contributed by atoms with Gasteiger partial charge in [-0.3, -0.25) is 14.4 Å². The number of pyridine rings is 1. The lowest BCUT2D eigenvalue weighted by Crippen LogP contribution is -2.37. The third-order valence-corrected chi connectivity index (χ3v) is 5.19. The number of fused-ring (bicyclic) bond motifs is 1. The molecule has 0 bridgehead atoms. The predicted molar refractivity (Wildman–Crippen MR) is 105 cm³/mol. The van der Waals surface area contributed by atoms with E-state index in [1.165, 1.54) is 6.07 Å². The van der Waals surface area contributed by atoms with Crippen molar-refractivity contribution in [2.45, 2.75) is 25.3 Å². The van der Waals surface area contributed by atoms with Crippen molar-refractivity contribution >= 4 is 23.3 Å². The fourth-order valence-corrected chi connectivity index (χ4v) is 3.61. The highest BCUT2D eigenvalue weighted by atomic mass is 35.5. The number of amides is 1. The number of nitrogens with zero attached hydrogens (tertiary/aromatic N) is 1. The number of carbonyl (C=O) groups excluding carboxylic acids is 2. The van der Waals surface area contributed by atoms with Gasteiger partial charge in [0.15, 0.2) is 5.78 Å². The van der Waals surface area contributed by atoms with Gasteiger partial charge in [-0.2, -0.15) is 0 Å². The average molecular weight is 388 g/mol. The van der Waals surface area contributed by atoms with Gasteiger partial charge in [-0.1, -0.05) is 29.8 Å². The molecule has 1 aliphatic rings. The Bertz CT molecular complexity index is 936. The molecule has 7 heteroatoms. The van der Waals surface area contributed by atoms with Crippen LogP contribution in [0.1, 0.15) is 50.9 Å². The van der Waals surface area contributed by atoms with E-state index in [1.807, 2.05) is 37.2 Å². The van der Waals surface area contributed by atoms with Crippen LogP contribution in [0, 0.1) is 0 Å². The van der Waals surface area contributed by atoms with Crippen molar-refractivity contribution in [1.82, 2.24) is 15.2 Å². The number of aryl methyl sites for hydroxylation is 1. The number of hydrogen-bond donors (Lipinski definition) is 2. The molecule has 1 amide bonds. The first-order valence-electron chi connectivity index (χ1n) is 8.87. The van der Waals surface area contributed by atoms with Crippen molar-refractivity contribution in [3.05, 3.63) is 68.1 Å². The molecule has 3 rings (SSSR count). The summed E-state index contributed by atoms with van der Waals surface area (Å²) >= 11 is 6.28. The highest BCUT2D eigenvalue weighted by Crippen LogP contribution is 2.25. The average Bonchev–Trinajstić information content (AvgIpc) is 2.62. The third-order valence-electron chi connectivity index (χ3n) is 4.84. The van der Waals surface area contributed by atoms with Gasteiger partial charge in [0.05, 0.1) is 6.04 Å². The topological polar surface area (TPSA) is 82.3 Å². The fraction of sp³-hybridized carbons (Fsp3) is 0.350. The molecule has 0 saturated carbocycles. The third kappa shape index (κ3) is 4.12. The monoisotopic (exact) mass is 387 g/mol. The summed E-state index contributed by atoms with van der Waals surface area (Å²) < 4.78 is 0. The molecule has 1 aliphatic carbocycles. The molecule has 0 unspecified atom stereocenters. The minimum atomic E-state index is -0.503. The number of Topliss-reactive ketones (excluding diaryl/α,β-unsaturated/α-hetero) is 1. The summed E-state index contributed by atoms with van der Waals surface area (Å²) in [5, 5.41) is 3.41. The standard InChI is InChI=1S/C20H22ClN3O3/c1-24(2)17(12-6-3-4-7-15(12)21)11-22-19(26)14-10-13-16(23-20(14)27)8-5-9-18(13)25/h3-4,6-7,10,17H,5,8-9,11H2,1-2H3,(H,22,26)(H,23,27)/t17-/m1/s1. The number of halogens is 1. The molecule has 0 aliphatic heterocycles. The second kappa shape index (κ2) is 8.06. The van der Waals surface area contributed by atoms with E-state index in [4.69, 9.17) is 11.6 Å². The zero-order valence-electron chi connectivity index (χ0n) is 15.3. The van der Waals surface area contributed by atoms with Crippen LogP contribution in [-0.4, -0.2) is 42.2 Å². The highest BCUT2D eigenvalue weighted by molar-refractivity contribution is 6.31. The molecular formula is C20H22ClN3O3. The normalized spacial score (nSPS) is 14.7. The van der Waals surface area contributed by atoms with Gasteiger partial charge in [0.2, 0.25) is 0 Å². The van der Waals surface area contributed by atoms with E-state index in [-0.39, 0.29) is 23.9 Å². The highest BCUT2D eigenvalue weighted by Gasteiger charge is 2.23. The first-order chi connectivity index (χ1) is 12.9. The van der Waals surface area contributed by atoms with E-state index in [0.717, 1.165) is 12.0 Å². The number of likely N-dealkylation sites (N-methyl/N-ethyl adjacent to an activating group) is 1. The summed E-state index contributed by atoms with van der Waals surface area (Å²) in [6.45, 7) is 0.278. The number of ketones is 1. The van der Waals surface area contributed by atoms with E-state index < -0.39 is 11.5 Å². The number of aromatic amines is 1. The van der Waals surface area contributed by atoms with Crippen LogP contribution in [-0.2, 0) is 6.42 Å². The number of hydrogen-bond acceptors (Lipinski definition) is 4. The molecular weight excluding hydrogens is 366 g/mol. The minimum absolute atomic E-state index is 0.0382. The number of rotatable bonds is 5. The van der Waals surface area contributed by atoms with Crippen molar-refractivity contribution in [1.29, 1.82) is 0 Å². The predicted octanol–water partition coefficient (Wildman–Crippen LogP) is 2.58. The maximum Gasteiger partial charge on any atom is 0.261 e. The van der Waals surface area contributed by atoms with Crippen LogP contribution in [0.2, 0.25) is 5.02 Å². The fourth-order valence-electron chi connectivity index (χ4n) is 3.34. The Hall–Kier alpha value is -2.44. The molecule has 6 nitrogen and oxygen atoms in total. The largest absolute Gasteiger partial charge is 0.350 e. The Balaban J connectivity index is 1.81. The van der Waals surface area contributed by atoms with Gasteiger partial charge in [0, 0.05) is 29.2 Å². The summed E-state index contributed by atoms with van der Waals surface area (Å²) in [5.74, 6) is -0.542. The van der Waals surface area contributed by atoms with Gasteiger partial charge in [-0.15, -0.1) is 0 Å². The number of H-pyrrole nitrogens is 1. The summed E-state index contributed by atoms with van der Waals surface area (Å²) in [4.78, 5) is 41.6. The van der Waals surface area contributed by atoms with E-state index in [0.29, 0.717) is 29.1 Å². The molecule has 0 spiro atoms. The SMILES string of the molecule is CN(C)[C@H](CNC(=O)c1cc2c([nH]c1=O)CCCC2=O)c1ccccc1Cl. The minimum Gasteiger partial charge on any atom is -0.350 e. The molecule has 2 aromatic rings. The van der Waals surface area contributed by atoms with E-state index in [9.17, 15) is 14.4 Å². The molecule has 0 saturated heterocycles. The van der Waals surface area contributed by atoms with Gasteiger partial charge in [-0.05, 0) is 44.6 Å². The maximum atomic E-state index is 12.6. The second-order valence-electron chi connectivity index (χ2n) is 6.89. The zero-order valence-corrected chi connectivity index (χ0v) is 16.1. The van der Waals surface area contributed by atoms with Gasteiger partial charge in [-0.25, -0.2) is 0 Å². The number of carbonyl (C=O) groups is 2. The summed E-state index contributed by atoms with van der Waals surface area (Å²) in [6.07, 6.45) is 1.80. The van der Waals surface area contributed by atoms with Gasteiger partial charge < -0.3 is 15.2 Å². The molecule has 1 aromatic carbocycles. The Kier molecular flexibility index (Phi) is 5.77. The molecule has 1 heterocycles. The van der Waals surface area contributed by atoms with E-state index >= 15 is 0 Å². The van der Waals surface area contributed by atoms with Crippen molar-refractivity contribution in [3.63, 3.8) is 0 Å². The van der Waals surface area contributed by atoms with Gasteiger partial charge >= 0.3 is 0 Å². The van der Waals surface area contributed by atoms with Crippen LogP contribution in [0.3, 0.4) is 0 Å². The first-order valence-corrected chi connectivity index (χ1v) is 9.24. The lowest BCUT2D eigenvalue weighted by atomic mass is 9.93. The van der Waals surface area contributed by atoms with E-state index in [2.05, 4.69) is 10.3 Å². The molecule has 27 heavy (non-hydrogen) atoms. The molecule has 0 fully saturated rings. The smallest absolute Gasteiger partial charge is 0.261 e. The van der Waals surface area contributed by atoms with Crippen LogP contribution < -0.4 is 10.9 Å². The molecule has 0 radical (unpaired) electrons.